The van der Waals surface area contributed by atoms with Crippen molar-refractivity contribution in [3.05, 3.63) is 146 Å². The van der Waals surface area contributed by atoms with Gasteiger partial charge in [-0.15, -0.1) is 0 Å². The average Bonchev–Trinajstić information content (AvgIpc) is 2.87. The molecule has 5 aromatic carbocycles. The lowest BCUT2D eigenvalue weighted by Crippen LogP contribution is -2.13. The summed E-state index contributed by atoms with van der Waals surface area (Å²) in [6, 6.07) is 50.7. The fraction of sp³-hybridized carbons (Fsp3) is 0. The maximum atomic E-state index is 2.29. The van der Waals surface area contributed by atoms with E-state index in [0.29, 0.717) is 0 Å². The summed E-state index contributed by atoms with van der Waals surface area (Å²) < 4.78 is 0. The van der Waals surface area contributed by atoms with Gasteiger partial charge in [0.2, 0.25) is 0 Å². The molecule has 0 aliphatic carbocycles. The van der Waals surface area contributed by atoms with Crippen molar-refractivity contribution < 1.29 is 0 Å². The first-order chi connectivity index (χ1) is 15.9. The van der Waals surface area contributed by atoms with E-state index in [9.17, 15) is 0 Å². The van der Waals surface area contributed by atoms with Crippen molar-refractivity contribution >= 4 is 34.1 Å². The third-order valence-corrected chi connectivity index (χ3v) is 5.40. The maximum absolute atomic E-state index is 2.29. The van der Waals surface area contributed by atoms with Crippen molar-refractivity contribution in [3.63, 3.8) is 0 Å². The monoisotopic (exact) mass is 412 g/mol. The van der Waals surface area contributed by atoms with E-state index in [2.05, 4.69) is 155 Å². The SMILES string of the molecule is c1ccc(N(c2ccccc2)c2cccc(N(c3ccccc3)c3ccccc3)c2)cc1. The van der Waals surface area contributed by atoms with Gasteiger partial charge in [-0.25, -0.2) is 0 Å². The fourth-order valence-electron chi connectivity index (χ4n) is 3.97. The van der Waals surface area contributed by atoms with Crippen LogP contribution >= 0.6 is 0 Å². The lowest BCUT2D eigenvalue weighted by molar-refractivity contribution is 1.25. The van der Waals surface area contributed by atoms with Crippen molar-refractivity contribution in [1.29, 1.82) is 0 Å². The maximum Gasteiger partial charge on any atom is 0.0482 e. The van der Waals surface area contributed by atoms with Crippen LogP contribution in [0.1, 0.15) is 0 Å². The van der Waals surface area contributed by atoms with Crippen molar-refractivity contribution in [3.8, 4) is 0 Å². The van der Waals surface area contributed by atoms with Crippen molar-refractivity contribution in [2.75, 3.05) is 9.80 Å². The largest absolute Gasteiger partial charge is 0.310 e. The van der Waals surface area contributed by atoms with Crippen LogP contribution in [0.25, 0.3) is 0 Å². The highest BCUT2D eigenvalue weighted by Gasteiger charge is 2.16. The molecular formula is C30H24N2. The second-order valence-electron chi connectivity index (χ2n) is 7.53. The molecule has 154 valence electrons. The Labute approximate surface area is 189 Å². The summed E-state index contributed by atoms with van der Waals surface area (Å²) in [7, 11) is 0. The van der Waals surface area contributed by atoms with Crippen molar-refractivity contribution in [2.45, 2.75) is 0 Å². The summed E-state index contributed by atoms with van der Waals surface area (Å²) in [6.45, 7) is 0. The van der Waals surface area contributed by atoms with E-state index in [4.69, 9.17) is 0 Å². The number of benzene rings is 5. The molecule has 0 saturated heterocycles. The molecule has 0 bridgehead atoms. The van der Waals surface area contributed by atoms with Crippen molar-refractivity contribution in [2.24, 2.45) is 0 Å². The molecule has 0 spiro atoms. The van der Waals surface area contributed by atoms with Crippen LogP contribution in [0.2, 0.25) is 0 Å². The van der Waals surface area contributed by atoms with Gasteiger partial charge >= 0.3 is 0 Å². The van der Waals surface area contributed by atoms with Crippen LogP contribution in [0.5, 0.6) is 0 Å². The zero-order chi connectivity index (χ0) is 21.6. The fourth-order valence-corrected chi connectivity index (χ4v) is 3.97. The molecule has 0 atom stereocenters. The number of hydrogen-bond donors (Lipinski definition) is 0. The third kappa shape index (κ3) is 4.12. The van der Waals surface area contributed by atoms with Crippen LogP contribution in [-0.4, -0.2) is 0 Å². The molecule has 0 saturated carbocycles. The first kappa shape index (κ1) is 19.7. The Hall–Kier alpha value is -4.30. The Morgan fingerprint density at radius 3 is 0.781 bits per heavy atom. The van der Waals surface area contributed by atoms with E-state index < -0.39 is 0 Å². The molecule has 0 aromatic heterocycles. The van der Waals surface area contributed by atoms with Crippen LogP contribution in [0.4, 0.5) is 34.1 Å². The highest BCUT2D eigenvalue weighted by molar-refractivity contribution is 5.82. The molecule has 5 rings (SSSR count). The lowest BCUT2D eigenvalue weighted by Gasteiger charge is -2.29. The summed E-state index contributed by atoms with van der Waals surface area (Å²) in [5.74, 6) is 0. The predicted molar refractivity (Wildman–Crippen MR) is 136 cm³/mol. The molecule has 0 fully saturated rings. The number of nitrogens with zero attached hydrogens (tertiary/aromatic N) is 2. The van der Waals surface area contributed by atoms with Crippen LogP contribution in [-0.2, 0) is 0 Å². The van der Waals surface area contributed by atoms with E-state index in [1.54, 1.807) is 0 Å². The molecule has 0 heterocycles. The first-order valence-electron chi connectivity index (χ1n) is 10.8. The molecule has 0 aliphatic rings. The van der Waals surface area contributed by atoms with E-state index in [-0.39, 0.29) is 0 Å². The van der Waals surface area contributed by atoms with Gasteiger partial charge in [0.1, 0.15) is 0 Å². The minimum atomic E-state index is 1.11. The number of rotatable bonds is 6. The standard InChI is InChI=1S/C30H24N2/c1-5-14-25(15-6-1)31(26-16-7-2-8-17-26)29-22-13-23-30(24-29)32(27-18-9-3-10-19-27)28-20-11-4-12-21-28/h1-24H. The van der Waals surface area contributed by atoms with Crippen LogP contribution < -0.4 is 9.80 Å². The quantitative estimate of drug-likeness (QED) is 0.275. The number of hydrogen-bond acceptors (Lipinski definition) is 2. The van der Waals surface area contributed by atoms with Gasteiger partial charge in [0, 0.05) is 34.1 Å². The molecule has 32 heavy (non-hydrogen) atoms. The first-order valence-corrected chi connectivity index (χ1v) is 10.8. The number of para-hydroxylation sites is 4. The van der Waals surface area contributed by atoms with Gasteiger partial charge in [-0.1, -0.05) is 78.9 Å². The highest BCUT2D eigenvalue weighted by atomic mass is 15.2. The molecule has 0 unspecified atom stereocenters. The van der Waals surface area contributed by atoms with Crippen LogP contribution in [0.3, 0.4) is 0 Å². The highest BCUT2D eigenvalue weighted by Crippen LogP contribution is 2.39. The summed E-state index contributed by atoms with van der Waals surface area (Å²) in [5.41, 5.74) is 6.72. The zero-order valence-corrected chi connectivity index (χ0v) is 17.8. The molecule has 0 aliphatic heterocycles. The Balaban J connectivity index is 1.65. The average molecular weight is 413 g/mol. The van der Waals surface area contributed by atoms with Crippen molar-refractivity contribution in [1.82, 2.24) is 0 Å². The molecule has 5 aromatic rings. The summed E-state index contributed by atoms with van der Waals surface area (Å²) in [4.78, 5) is 4.58. The Bertz CT molecular complexity index is 1080. The van der Waals surface area contributed by atoms with Gasteiger partial charge in [0.05, 0.1) is 0 Å². The lowest BCUT2D eigenvalue weighted by atomic mass is 10.1. The smallest absolute Gasteiger partial charge is 0.0482 e. The van der Waals surface area contributed by atoms with Crippen LogP contribution in [0.15, 0.2) is 146 Å². The summed E-state index contributed by atoms with van der Waals surface area (Å²) >= 11 is 0. The summed E-state index contributed by atoms with van der Waals surface area (Å²) in [5, 5.41) is 0. The van der Waals surface area contributed by atoms with E-state index in [1.165, 1.54) is 0 Å². The molecule has 2 heteroatoms. The van der Waals surface area contributed by atoms with Gasteiger partial charge in [-0.05, 0) is 66.7 Å². The second kappa shape index (κ2) is 9.23. The molecule has 2 nitrogen and oxygen atoms in total. The van der Waals surface area contributed by atoms with E-state index in [1.807, 2.05) is 0 Å². The minimum absolute atomic E-state index is 1.11. The number of anilines is 6. The molecule has 0 amide bonds. The van der Waals surface area contributed by atoms with Gasteiger partial charge in [0.15, 0.2) is 0 Å². The van der Waals surface area contributed by atoms with E-state index in [0.717, 1.165) is 34.1 Å². The van der Waals surface area contributed by atoms with Gasteiger partial charge in [-0.3, -0.25) is 0 Å². The van der Waals surface area contributed by atoms with E-state index >= 15 is 0 Å². The molecule has 0 N–H and O–H groups in total. The third-order valence-electron chi connectivity index (χ3n) is 5.40. The zero-order valence-electron chi connectivity index (χ0n) is 17.8. The van der Waals surface area contributed by atoms with Crippen LogP contribution in [0, 0.1) is 0 Å². The predicted octanol–water partition coefficient (Wildman–Crippen LogP) is 8.63. The minimum Gasteiger partial charge on any atom is -0.310 e. The second-order valence-corrected chi connectivity index (χ2v) is 7.53. The topological polar surface area (TPSA) is 6.48 Å². The Morgan fingerprint density at radius 1 is 0.250 bits per heavy atom. The van der Waals surface area contributed by atoms with Gasteiger partial charge in [-0.2, -0.15) is 0 Å². The Kier molecular flexibility index (Phi) is 5.67. The summed E-state index contributed by atoms with van der Waals surface area (Å²) in [6.07, 6.45) is 0. The Morgan fingerprint density at radius 2 is 0.500 bits per heavy atom. The van der Waals surface area contributed by atoms with Gasteiger partial charge in [0.25, 0.3) is 0 Å². The molecular weight excluding hydrogens is 388 g/mol. The normalized spacial score (nSPS) is 10.5. The van der Waals surface area contributed by atoms with Gasteiger partial charge < -0.3 is 9.80 Å². The molecule has 0 radical (unpaired) electrons.